The maximum atomic E-state index is 5.41. The average molecular weight is 262 g/mol. The monoisotopic (exact) mass is 262 g/mol. The van der Waals surface area contributed by atoms with Crippen LogP contribution in [-0.2, 0) is 0 Å². The van der Waals surface area contributed by atoms with Gasteiger partial charge in [0.15, 0.2) is 5.11 Å². The number of anilines is 1. The highest BCUT2D eigenvalue weighted by atomic mass is 32.1. The van der Waals surface area contributed by atoms with Crippen molar-refractivity contribution < 1.29 is 0 Å². The van der Waals surface area contributed by atoms with Crippen molar-refractivity contribution in [1.29, 1.82) is 0 Å². The molecule has 0 spiro atoms. The fourth-order valence-electron chi connectivity index (χ4n) is 2.57. The first-order valence-electron chi connectivity index (χ1n) is 6.80. The predicted molar refractivity (Wildman–Crippen MR) is 82.0 cm³/mol. The summed E-state index contributed by atoms with van der Waals surface area (Å²) in [6, 6.07) is 8.76. The molecule has 1 aliphatic carbocycles. The van der Waals surface area contributed by atoms with E-state index in [4.69, 9.17) is 12.2 Å². The fraction of sp³-hybridized carbons (Fsp3) is 0.533. The van der Waals surface area contributed by atoms with Crippen molar-refractivity contribution in [3.8, 4) is 0 Å². The zero-order chi connectivity index (χ0) is 13.0. The van der Waals surface area contributed by atoms with E-state index >= 15 is 0 Å². The summed E-state index contributed by atoms with van der Waals surface area (Å²) in [5, 5.41) is 7.52. The van der Waals surface area contributed by atoms with Crippen LogP contribution in [0, 0.1) is 12.8 Å². The Balaban J connectivity index is 1.90. The lowest BCUT2D eigenvalue weighted by Gasteiger charge is -2.30. The third-order valence-corrected chi connectivity index (χ3v) is 4.04. The second-order valence-electron chi connectivity index (χ2n) is 5.28. The summed E-state index contributed by atoms with van der Waals surface area (Å²) >= 11 is 5.41. The molecule has 1 aromatic rings. The number of hydrogen-bond acceptors (Lipinski definition) is 1. The van der Waals surface area contributed by atoms with Gasteiger partial charge in [0.05, 0.1) is 0 Å². The van der Waals surface area contributed by atoms with Crippen LogP contribution in [0.5, 0.6) is 0 Å². The molecule has 0 radical (unpaired) electrons. The number of benzene rings is 1. The average Bonchev–Trinajstić information content (AvgIpc) is 2.35. The highest BCUT2D eigenvalue weighted by Gasteiger charge is 2.21. The van der Waals surface area contributed by atoms with Gasteiger partial charge in [0.2, 0.25) is 0 Å². The van der Waals surface area contributed by atoms with Crippen molar-refractivity contribution in [2.45, 2.75) is 45.6 Å². The van der Waals surface area contributed by atoms with Crippen molar-refractivity contribution in [2.24, 2.45) is 5.92 Å². The molecule has 1 aliphatic rings. The largest absolute Gasteiger partial charge is 0.359 e. The first kappa shape index (κ1) is 13.3. The highest BCUT2D eigenvalue weighted by Crippen LogP contribution is 2.24. The lowest BCUT2D eigenvalue weighted by Crippen LogP contribution is -2.43. The van der Waals surface area contributed by atoms with E-state index in [0.29, 0.717) is 6.04 Å². The van der Waals surface area contributed by atoms with Gasteiger partial charge in [0, 0.05) is 11.7 Å². The van der Waals surface area contributed by atoms with Gasteiger partial charge in [0.1, 0.15) is 0 Å². The van der Waals surface area contributed by atoms with E-state index in [9.17, 15) is 0 Å². The Morgan fingerprint density at radius 1 is 1.22 bits per heavy atom. The molecular formula is C15H22N2S. The van der Waals surface area contributed by atoms with Crippen LogP contribution in [0.2, 0.25) is 0 Å². The summed E-state index contributed by atoms with van der Waals surface area (Å²) in [6.07, 6.45) is 5.22. The Bertz CT molecular complexity index is 417. The van der Waals surface area contributed by atoms with Gasteiger partial charge in [0.25, 0.3) is 0 Å². The van der Waals surface area contributed by atoms with Gasteiger partial charge in [-0.25, -0.2) is 0 Å². The minimum Gasteiger partial charge on any atom is -0.359 e. The van der Waals surface area contributed by atoms with E-state index in [2.05, 4.69) is 36.6 Å². The van der Waals surface area contributed by atoms with Crippen LogP contribution in [0.15, 0.2) is 24.3 Å². The predicted octanol–water partition coefficient (Wildman–Crippen LogP) is 3.86. The molecule has 3 heteroatoms. The van der Waals surface area contributed by atoms with Crippen molar-refractivity contribution in [3.63, 3.8) is 0 Å². The van der Waals surface area contributed by atoms with Crippen molar-refractivity contribution in [2.75, 3.05) is 5.32 Å². The molecule has 98 valence electrons. The smallest absolute Gasteiger partial charge is 0.171 e. The van der Waals surface area contributed by atoms with Crippen LogP contribution in [0.1, 0.15) is 38.2 Å². The SMILES string of the molecule is Cc1ccccc1NC(=S)N[C@@H]1CCCC[C@H]1C. The number of thiocarbonyl (C=S) groups is 1. The Morgan fingerprint density at radius 3 is 2.67 bits per heavy atom. The lowest BCUT2D eigenvalue weighted by molar-refractivity contribution is 0.309. The molecule has 0 bridgehead atoms. The normalized spacial score (nSPS) is 23.4. The molecular weight excluding hydrogens is 240 g/mol. The fourth-order valence-corrected chi connectivity index (χ4v) is 2.83. The van der Waals surface area contributed by atoms with Crippen LogP contribution in [0.3, 0.4) is 0 Å². The topological polar surface area (TPSA) is 24.1 Å². The van der Waals surface area contributed by atoms with Crippen LogP contribution in [0.25, 0.3) is 0 Å². The zero-order valence-electron chi connectivity index (χ0n) is 11.2. The second-order valence-corrected chi connectivity index (χ2v) is 5.69. The number of nitrogens with one attached hydrogen (secondary N) is 2. The number of hydrogen-bond donors (Lipinski definition) is 2. The maximum absolute atomic E-state index is 5.41. The lowest BCUT2D eigenvalue weighted by atomic mass is 9.86. The van der Waals surface area contributed by atoms with Gasteiger partial charge < -0.3 is 10.6 Å². The Morgan fingerprint density at radius 2 is 1.94 bits per heavy atom. The molecule has 0 aromatic heterocycles. The standard InChI is InChI=1S/C15H22N2S/c1-11-7-3-5-9-13(11)16-15(18)17-14-10-6-4-8-12(14)2/h3,5,7,9,12,14H,4,6,8,10H2,1-2H3,(H2,16,17,18)/t12-,14-/m1/s1. The molecule has 2 atom stereocenters. The van der Waals surface area contributed by atoms with E-state index in [1.54, 1.807) is 0 Å². The zero-order valence-corrected chi connectivity index (χ0v) is 12.0. The van der Waals surface area contributed by atoms with Crippen LogP contribution >= 0.6 is 12.2 Å². The molecule has 0 heterocycles. The molecule has 0 amide bonds. The highest BCUT2D eigenvalue weighted by molar-refractivity contribution is 7.80. The summed E-state index contributed by atoms with van der Waals surface area (Å²) in [4.78, 5) is 0. The summed E-state index contributed by atoms with van der Waals surface area (Å²) in [6.45, 7) is 4.40. The van der Waals surface area contributed by atoms with Gasteiger partial charge in [-0.1, -0.05) is 38.0 Å². The molecule has 0 saturated heterocycles. The molecule has 2 N–H and O–H groups in total. The maximum Gasteiger partial charge on any atom is 0.171 e. The van der Waals surface area contributed by atoms with Crippen LogP contribution in [-0.4, -0.2) is 11.2 Å². The molecule has 1 aromatic carbocycles. The summed E-state index contributed by atoms with van der Waals surface area (Å²) < 4.78 is 0. The summed E-state index contributed by atoms with van der Waals surface area (Å²) in [5.74, 6) is 0.718. The van der Waals surface area contributed by atoms with Crippen LogP contribution < -0.4 is 10.6 Å². The van der Waals surface area contributed by atoms with Crippen molar-refractivity contribution in [1.82, 2.24) is 5.32 Å². The number of rotatable bonds is 2. The molecule has 2 nitrogen and oxygen atoms in total. The van der Waals surface area contributed by atoms with Gasteiger partial charge in [-0.15, -0.1) is 0 Å². The third kappa shape index (κ3) is 3.45. The summed E-state index contributed by atoms with van der Waals surface area (Å²) in [5.41, 5.74) is 2.32. The second kappa shape index (κ2) is 6.19. The Kier molecular flexibility index (Phi) is 4.59. The molecule has 1 fully saturated rings. The Hall–Kier alpha value is -1.09. The minimum absolute atomic E-state index is 0.530. The first-order valence-corrected chi connectivity index (χ1v) is 7.21. The quantitative estimate of drug-likeness (QED) is 0.791. The summed E-state index contributed by atoms with van der Waals surface area (Å²) in [7, 11) is 0. The third-order valence-electron chi connectivity index (χ3n) is 3.82. The number of aryl methyl sites for hydroxylation is 1. The van der Waals surface area contributed by atoms with Crippen molar-refractivity contribution in [3.05, 3.63) is 29.8 Å². The van der Waals surface area contributed by atoms with E-state index < -0.39 is 0 Å². The molecule has 0 unspecified atom stereocenters. The van der Waals surface area contributed by atoms with E-state index in [1.165, 1.54) is 31.2 Å². The van der Waals surface area contributed by atoms with Crippen molar-refractivity contribution >= 4 is 23.0 Å². The van der Waals surface area contributed by atoms with Gasteiger partial charge in [-0.3, -0.25) is 0 Å². The minimum atomic E-state index is 0.530. The molecule has 18 heavy (non-hydrogen) atoms. The first-order chi connectivity index (χ1) is 8.66. The molecule has 0 aliphatic heterocycles. The van der Waals surface area contributed by atoms with Gasteiger partial charge in [-0.2, -0.15) is 0 Å². The van der Waals surface area contributed by atoms with Gasteiger partial charge >= 0.3 is 0 Å². The Labute approximate surface area is 115 Å². The molecule has 1 saturated carbocycles. The van der Waals surface area contributed by atoms with Gasteiger partial charge in [-0.05, 0) is 49.5 Å². The van der Waals surface area contributed by atoms with E-state index in [1.807, 2.05) is 12.1 Å². The molecule has 2 rings (SSSR count). The van der Waals surface area contributed by atoms with E-state index in [0.717, 1.165) is 16.7 Å². The number of para-hydroxylation sites is 1. The van der Waals surface area contributed by atoms with Crippen LogP contribution in [0.4, 0.5) is 5.69 Å². The van der Waals surface area contributed by atoms with E-state index in [-0.39, 0.29) is 0 Å².